The fraction of sp³-hybridized carbons (Fsp3) is 0.767. The van der Waals surface area contributed by atoms with Gasteiger partial charge in [-0.15, -0.1) is 0 Å². The lowest BCUT2D eigenvalue weighted by Crippen LogP contribution is -2.61. The smallest absolute Gasteiger partial charge is 0.407 e. The van der Waals surface area contributed by atoms with Crippen LogP contribution in [0.3, 0.4) is 0 Å². The van der Waals surface area contributed by atoms with E-state index >= 15 is 0 Å². The number of carbonyl (C=O) groups excluding carboxylic acids is 6. The van der Waals surface area contributed by atoms with Crippen LogP contribution in [0, 0.1) is 35.5 Å². The minimum Gasteiger partial charge on any atom is -0.460 e. The maximum atomic E-state index is 14.7. The molecule has 5 aliphatic rings. The highest BCUT2D eigenvalue weighted by Crippen LogP contribution is 2.38. The van der Waals surface area contributed by atoms with E-state index in [0.29, 0.717) is 62.5 Å². The number of fused-ring (bicyclic) bond motifs is 3. The molecule has 0 spiro atoms. The molecule has 1 saturated carbocycles. The number of amides is 2. The average molecular weight is 1170 g/mol. The Hall–Kier alpha value is -4.30. The number of rotatable bonds is 12. The van der Waals surface area contributed by atoms with Crippen molar-refractivity contribution in [1.82, 2.24) is 10.2 Å². The lowest BCUT2D eigenvalue weighted by atomic mass is 9.78. The molecule has 4 aliphatic heterocycles. The highest BCUT2D eigenvalue weighted by Gasteiger charge is 2.53. The third kappa shape index (κ3) is 18.1. The molecule has 2 bridgehead atoms. The molecule has 3 saturated heterocycles. The summed E-state index contributed by atoms with van der Waals surface area (Å²) in [5.41, 5.74) is 0.800. The highest BCUT2D eigenvalue weighted by atomic mass is 16.7. The number of piperidine rings is 1. The van der Waals surface area contributed by atoms with Crippen molar-refractivity contribution in [3.05, 3.63) is 47.6 Å². The zero-order valence-corrected chi connectivity index (χ0v) is 49.1. The van der Waals surface area contributed by atoms with Crippen LogP contribution in [0.1, 0.15) is 130 Å². The first-order valence-electron chi connectivity index (χ1n) is 30.5. The second-order valence-corrected chi connectivity index (χ2v) is 23.3. The molecule has 22 nitrogen and oxygen atoms in total. The minimum absolute atomic E-state index is 0.0394. The molecule has 20 atom stereocenters. The molecule has 2 amide bonds. The predicted molar refractivity (Wildman–Crippen MR) is 297 cm³/mol. The van der Waals surface area contributed by atoms with Crippen molar-refractivity contribution in [2.24, 2.45) is 35.5 Å². The Morgan fingerprint density at radius 1 is 0.878 bits per heavy atom. The third-order valence-electron chi connectivity index (χ3n) is 17.1. The van der Waals surface area contributed by atoms with Gasteiger partial charge in [0.15, 0.2) is 12.1 Å². The summed E-state index contributed by atoms with van der Waals surface area (Å²) in [6.07, 6.45) is -1.65. The summed E-state index contributed by atoms with van der Waals surface area (Å²) >= 11 is 0. The molecule has 0 radical (unpaired) electrons. The van der Waals surface area contributed by atoms with Gasteiger partial charge in [-0.25, -0.2) is 9.59 Å². The van der Waals surface area contributed by atoms with Crippen molar-refractivity contribution in [1.29, 1.82) is 0 Å². The highest BCUT2D eigenvalue weighted by molar-refractivity contribution is 6.39. The summed E-state index contributed by atoms with van der Waals surface area (Å²) in [5, 5.41) is 66.1. The lowest BCUT2D eigenvalue weighted by Gasteiger charge is -2.42. The molecular formula is C60H94N2O20. The number of nitrogens with one attached hydrogen (secondary N) is 1. The number of ketones is 3. The molecule has 0 aromatic heterocycles. The van der Waals surface area contributed by atoms with Gasteiger partial charge < -0.3 is 78.8 Å². The summed E-state index contributed by atoms with van der Waals surface area (Å²) in [4.78, 5) is 85.9. The van der Waals surface area contributed by atoms with Crippen LogP contribution in [-0.2, 0) is 61.9 Å². The van der Waals surface area contributed by atoms with Crippen LogP contribution in [0.4, 0.5) is 4.79 Å². The SMILES string of the molecule is [2H]C([2H])([2H])O[C@H]1CC2CC[C@@H](C)C(O)(O2)C(=O)C(=O)N2CCCC[C@H]2C(=O)OC([C@H](C)C[C@@H]2CC[C@@H](OC(=O)NCCOC3OC(CO)C(O)C(O)C3O)[C@H](OC)C2)CC(=O)[C@H](C)/C=C(\C)[C@@H](O)[C@@H](OC)C(=O)[C@H](C)C[C@H](C)/C=C/C=CC=C1C. The summed E-state index contributed by atoms with van der Waals surface area (Å²) in [6, 6.07) is -1.29. The molecule has 4 fully saturated rings. The van der Waals surface area contributed by atoms with Gasteiger partial charge in [-0.3, -0.25) is 19.2 Å². The van der Waals surface area contributed by atoms with Crippen LogP contribution < -0.4 is 5.32 Å². The quantitative estimate of drug-likeness (QED) is 0.0634. The van der Waals surface area contributed by atoms with Gasteiger partial charge in [0.25, 0.3) is 11.7 Å². The van der Waals surface area contributed by atoms with Gasteiger partial charge in [0.1, 0.15) is 60.7 Å². The number of cyclic esters (lactones) is 1. The fourth-order valence-electron chi connectivity index (χ4n) is 11.8. The molecule has 4 heterocycles. The second kappa shape index (κ2) is 32.3. The van der Waals surface area contributed by atoms with Crippen molar-refractivity contribution in [2.75, 3.05) is 47.6 Å². The largest absolute Gasteiger partial charge is 0.460 e. The molecule has 82 heavy (non-hydrogen) atoms. The van der Waals surface area contributed by atoms with E-state index in [1.54, 1.807) is 65.0 Å². The van der Waals surface area contributed by atoms with Gasteiger partial charge in [-0.1, -0.05) is 71.1 Å². The first-order valence-corrected chi connectivity index (χ1v) is 29.0. The third-order valence-corrected chi connectivity index (χ3v) is 17.1. The van der Waals surface area contributed by atoms with Crippen LogP contribution in [0.5, 0.6) is 0 Å². The van der Waals surface area contributed by atoms with Crippen molar-refractivity contribution in [2.45, 2.75) is 211 Å². The minimum atomic E-state index is -2.83. The van der Waals surface area contributed by atoms with Crippen molar-refractivity contribution >= 4 is 35.3 Å². The number of allylic oxidation sites excluding steroid dienone is 6. The van der Waals surface area contributed by atoms with E-state index in [9.17, 15) is 59.4 Å². The Bertz CT molecular complexity index is 2370. The normalized spacial score (nSPS) is 39.7. The molecule has 1 aliphatic carbocycles. The number of carbonyl (C=O) groups is 6. The zero-order valence-electron chi connectivity index (χ0n) is 52.1. The fourth-order valence-corrected chi connectivity index (χ4v) is 11.8. The lowest BCUT2D eigenvalue weighted by molar-refractivity contribution is -0.300. The van der Waals surface area contributed by atoms with Crippen molar-refractivity contribution in [3.63, 3.8) is 0 Å². The topological polar surface area (TPSA) is 313 Å². The zero-order chi connectivity index (χ0) is 63.1. The van der Waals surface area contributed by atoms with E-state index in [2.05, 4.69) is 5.32 Å². The molecular weight excluding hydrogens is 1070 g/mol. The first kappa shape index (κ1) is 63.7. The molecule has 7 N–H and O–H groups in total. The Morgan fingerprint density at radius 2 is 1.62 bits per heavy atom. The number of nitrogens with zero attached hydrogens (tertiary/aromatic N) is 1. The number of methoxy groups -OCH3 is 3. The van der Waals surface area contributed by atoms with Crippen molar-refractivity contribution in [3.8, 4) is 0 Å². The van der Waals surface area contributed by atoms with E-state index in [1.165, 1.54) is 14.2 Å². The summed E-state index contributed by atoms with van der Waals surface area (Å²) in [5.74, 6) is -9.72. The predicted octanol–water partition coefficient (Wildman–Crippen LogP) is 3.73. The van der Waals surface area contributed by atoms with Crippen LogP contribution >= 0.6 is 0 Å². The molecule has 22 heteroatoms. The number of esters is 1. The standard InChI is InChI=1S/C60H94N2O20/c1-33-16-12-11-13-17-34(2)45(75-8)30-41-21-19-39(7)60(74,82-41)55(70)56(71)62-24-15-14-18-42(62)57(72)79-46(31-43(64)35(3)27-38(6)50(66)54(77-10)49(65)37(5)26-33)36(4)28-40-20-22-44(47(29-40)76-9)81-59(73)61-23-25-78-58-53(69)52(68)51(67)48(32-63)80-58/h11-13,16-17,27,33,35-37,39-42,44-48,50-54,58,63,66-69,74H,14-15,18-26,28-32H2,1-10H3,(H,61,73)/b13-11?,16-12+,34-17?,38-27+/t33-,35-,36-,37-,39-,40+,41?,42+,44-,45+,46?,47-,48?,50-,51?,52?,53?,54+,58?,60?/m1/s1/i8D3. The molecule has 0 aromatic rings. The van der Waals surface area contributed by atoms with Gasteiger partial charge >= 0.3 is 12.1 Å². The van der Waals surface area contributed by atoms with E-state index in [1.807, 2.05) is 19.9 Å². The van der Waals surface area contributed by atoms with Gasteiger partial charge in [0.2, 0.25) is 5.79 Å². The molecule has 5 rings (SSSR count). The number of aliphatic hydroxyl groups is 6. The van der Waals surface area contributed by atoms with Gasteiger partial charge in [-0.05, 0) is 107 Å². The van der Waals surface area contributed by atoms with E-state index in [4.69, 9.17) is 42.0 Å². The summed E-state index contributed by atoms with van der Waals surface area (Å²) in [7, 11) is -0.0313. The second-order valence-electron chi connectivity index (χ2n) is 23.3. The number of aliphatic hydroxyl groups excluding tert-OH is 5. The maximum absolute atomic E-state index is 14.7. The average Bonchev–Trinajstić information content (AvgIpc) is 3.03. The molecule has 8 unspecified atom stereocenters. The Morgan fingerprint density at radius 3 is 2.32 bits per heavy atom. The van der Waals surface area contributed by atoms with Gasteiger partial charge in [-0.2, -0.15) is 0 Å². The number of alkyl carbamates (subject to hydrolysis) is 1. The number of hydrogen-bond acceptors (Lipinski definition) is 20. The van der Waals surface area contributed by atoms with E-state index < -0.39 is 146 Å². The van der Waals surface area contributed by atoms with Gasteiger partial charge in [0, 0.05) is 64.9 Å². The number of hydrogen-bond donors (Lipinski definition) is 7. The summed E-state index contributed by atoms with van der Waals surface area (Å²) < 4.78 is 69.6. The van der Waals surface area contributed by atoms with E-state index in [0.717, 1.165) is 4.90 Å². The Labute approximate surface area is 487 Å². The van der Waals surface area contributed by atoms with Crippen LogP contribution in [0.15, 0.2) is 47.6 Å². The monoisotopic (exact) mass is 1170 g/mol. The van der Waals surface area contributed by atoms with Crippen LogP contribution in [-0.4, -0.2) is 204 Å². The number of ether oxygens (including phenoxy) is 8. The summed E-state index contributed by atoms with van der Waals surface area (Å²) in [6.45, 7) is 11.0. The maximum Gasteiger partial charge on any atom is 0.407 e. The Balaban J connectivity index is 1.38. The van der Waals surface area contributed by atoms with Crippen LogP contribution in [0.25, 0.3) is 0 Å². The van der Waals surface area contributed by atoms with Crippen LogP contribution in [0.2, 0.25) is 0 Å². The molecule has 464 valence electrons. The number of Topliss-reactive ketones (excluding diaryl/α,β-unsaturated/α-hetero) is 3. The Kier molecular flexibility index (Phi) is 25.1. The molecule has 0 aromatic carbocycles. The van der Waals surface area contributed by atoms with Gasteiger partial charge in [0.05, 0.1) is 35.6 Å². The van der Waals surface area contributed by atoms with Crippen molar-refractivity contribution < 1.29 is 101 Å². The first-order chi connectivity index (χ1) is 40.0. The van der Waals surface area contributed by atoms with E-state index in [-0.39, 0.29) is 68.8 Å².